The molecule has 1 aliphatic rings. The molecule has 0 spiro atoms. The maximum absolute atomic E-state index is 11.7. The summed E-state index contributed by atoms with van der Waals surface area (Å²) < 4.78 is 10.9. The number of phenols is 1. The van der Waals surface area contributed by atoms with Crippen molar-refractivity contribution in [2.75, 3.05) is 19.8 Å². The van der Waals surface area contributed by atoms with E-state index in [0.717, 1.165) is 49.6 Å². The van der Waals surface area contributed by atoms with E-state index in [1.807, 2.05) is 6.07 Å². The summed E-state index contributed by atoms with van der Waals surface area (Å²) in [7, 11) is 0. The maximum Gasteiger partial charge on any atom is 0.336 e. The summed E-state index contributed by atoms with van der Waals surface area (Å²) in [6, 6.07) is 4.99. The molecule has 1 aliphatic carbocycles. The molecule has 0 amide bonds. The monoisotopic (exact) mass is 318 g/mol. The third-order valence-corrected chi connectivity index (χ3v) is 4.33. The van der Waals surface area contributed by atoms with Crippen LogP contribution in [-0.2, 0) is 11.3 Å². The lowest BCUT2D eigenvalue weighted by Crippen LogP contribution is -2.82. The number of rotatable bonds is 8. The number of hydrogen-bond donors (Lipinski definition) is 2. The number of hydrogen-bond acceptors (Lipinski definition) is 4. The van der Waals surface area contributed by atoms with E-state index < -0.39 is 0 Å². The summed E-state index contributed by atoms with van der Waals surface area (Å²) in [5, 5.41) is 12.8. The molecule has 0 atom stereocenters. The van der Waals surface area contributed by atoms with Gasteiger partial charge in [0.2, 0.25) is 0 Å². The van der Waals surface area contributed by atoms with Crippen LogP contribution in [0, 0.1) is 12.8 Å². The van der Waals surface area contributed by atoms with Crippen LogP contribution < -0.4 is 10.9 Å². The van der Waals surface area contributed by atoms with Crippen molar-refractivity contribution in [3.63, 3.8) is 0 Å². The number of fused-ring (bicyclic) bond motifs is 1. The summed E-state index contributed by atoms with van der Waals surface area (Å²) in [6.07, 6.45) is 3.65. The van der Waals surface area contributed by atoms with E-state index in [1.165, 1.54) is 12.8 Å². The molecular weight excluding hydrogens is 294 g/mol. The number of benzene rings is 1. The van der Waals surface area contributed by atoms with Gasteiger partial charge in [-0.1, -0.05) is 0 Å². The van der Waals surface area contributed by atoms with Gasteiger partial charge in [-0.15, -0.1) is 0 Å². The number of aryl methyl sites for hydroxylation is 1. The maximum atomic E-state index is 11.7. The molecule has 23 heavy (non-hydrogen) atoms. The van der Waals surface area contributed by atoms with Crippen LogP contribution in [0.4, 0.5) is 0 Å². The first kappa shape index (κ1) is 16.0. The second kappa shape index (κ2) is 7.15. The van der Waals surface area contributed by atoms with Gasteiger partial charge in [-0.2, -0.15) is 0 Å². The summed E-state index contributed by atoms with van der Waals surface area (Å²) >= 11 is 0. The summed E-state index contributed by atoms with van der Waals surface area (Å²) in [4.78, 5) is 11.7. The molecule has 5 heteroatoms. The van der Waals surface area contributed by atoms with Crippen molar-refractivity contribution in [3.05, 3.63) is 39.7 Å². The van der Waals surface area contributed by atoms with Crippen LogP contribution in [0.2, 0.25) is 0 Å². The number of phenolic OH excluding ortho intramolecular Hbond substituents is 1. The Balaban J connectivity index is 1.56. The van der Waals surface area contributed by atoms with E-state index in [0.29, 0.717) is 11.1 Å². The van der Waals surface area contributed by atoms with Crippen molar-refractivity contribution in [2.45, 2.75) is 32.7 Å². The summed E-state index contributed by atoms with van der Waals surface area (Å²) in [6.45, 7) is 5.15. The Labute approximate surface area is 135 Å². The van der Waals surface area contributed by atoms with Gasteiger partial charge in [-0.3, -0.25) is 0 Å². The van der Waals surface area contributed by atoms with Crippen LogP contribution in [0.5, 0.6) is 5.75 Å². The lowest BCUT2D eigenvalue weighted by Gasteiger charge is -2.08. The quantitative estimate of drug-likeness (QED) is 0.573. The first-order valence-corrected chi connectivity index (χ1v) is 8.30. The van der Waals surface area contributed by atoms with E-state index in [1.54, 1.807) is 19.1 Å². The topological polar surface area (TPSA) is 76.3 Å². The summed E-state index contributed by atoms with van der Waals surface area (Å²) in [5.74, 6) is 0.961. The lowest BCUT2D eigenvalue weighted by atomic mass is 10.1. The van der Waals surface area contributed by atoms with E-state index in [2.05, 4.69) is 5.32 Å². The van der Waals surface area contributed by atoms with Crippen molar-refractivity contribution < 1.29 is 19.6 Å². The van der Waals surface area contributed by atoms with Crippen LogP contribution in [0.15, 0.2) is 27.4 Å². The van der Waals surface area contributed by atoms with E-state index in [-0.39, 0.29) is 11.4 Å². The highest BCUT2D eigenvalue weighted by Gasteiger charge is 2.20. The smallest absolute Gasteiger partial charge is 0.336 e. The minimum atomic E-state index is -0.373. The third kappa shape index (κ3) is 4.12. The van der Waals surface area contributed by atoms with Gasteiger partial charge < -0.3 is 19.6 Å². The fraction of sp³-hybridized carbons (Fsp3) is 0.500. The van der Waals surface area contributed by atoms with E-state index >= 15 is 0 Å². The number of aromatic hydroxyl groups is 1. The molecule has 5 nitrogen and oxygen atoms in total. The Bertz CT molecular complexity index is 734. The number of ether oxygens (including phenoxy) is 1. The normalized spacial score (nSPS) is 14.5. The zero-order valence-corrected chi connectivity index (χ0v) is 13.5. The molecule has 0 radical (unpaired) electrons. The zero-order valence-electron chi connectivity index (χ0n) is 13.5. The van der Waals surface area contributed by atoms with Crippen LogP contribution in [0.25, 0.3) is 11.0 Å². The van der Waals surface area contributed by atoms with E-state index in [4.69, 9.17) is 9.15 Å². The molecule has 2 aromatic rings. The molecule has 0 unspecified atom stereocenters. The summed E-state index contributed by atoms with van der Waals surface area (Å²) in [5.41, 5.74) is 1.66. The minimum Gasteiger partial charge on any atom is -0.508 e. The van der Waals surface area contributed by atoms with Gasteiger partial charge in [-0.25, -0.2) is 4.79 Å². The van der Waals surface area contributed by atoms with Gasteiger partial charge in [0, 0.05) is 35.6 Å². The molecule has 3 rings (SSSR count). The minimum absolute atomic E-state index is 0.148. The first-order valence-electron chi connectivity index (χ1n) is 8.30. The van der Waals surface area contributed by atoms with Crippen molar-refractivity contribution >= 4 is 11.0 Å². The van der Waals surface area contributed by atoms with Crippen LogP contribution >= 0.6 is 0 Å². The average Bonchev–Trinajstić information content (AvgIpc) is 3.34. The number of nitrogens with two attached hydrogens (primary N) is 1. The zero-order chi connectivity index (χ0) is 16.2. The molecular formula is C18H24NO4+. The standard InChI is InChI=1S/C18H23NO4/c1-12-16(20)6-5-15-14(9-17(21)23-18(12)15)10-19-7-2-8-22-11-13-3-4-13/h5-6,9,13,19-20H,2-4,7-8,10-11H2,1H3/p+1. The van der Waals surface area contributed by atoms with Crippen molar-refractivity contribution in [2.24, 2.45) is 5.92 Å². The molecule has 1 saturated carbocycles. The largest absolute Gasteiger partial charge is 0.508 e. The van der Waals surface area contributed by atoms with Crippen LogP contribution in [0.1, 0.15) is 30.4 Å². The van der Waals surface area contributed by atoms with Gasteiger partial charge in [0.05, 0.1) is 13.2 Å². The molecule has 1 aromatic heterocycles. The second-order valence-corrected chi connectivity index (χ2v) is 6.33. The van der Waals surface area contributed by atoms with Crippen LogP contribution in [-0.4, -0.2) is 24.9 Å². The average molecular weight is 318 g/mol. The molecule has 3 N–H and O–H groups in total. The SMILES string of the molecule is Cc1c(O)ccc2c(C[NH2+]CCCOCC3CC3)cc(=O)oc12. The fourth-order valence-electron chi connectivity index (χ4n) is 2.71. The third-order valence-electron chi connectivity index (χ3n) is 4.33. The fourth-order valence-corrected chi connectivity index (χ4v) is 2.71. The number of quaternary nitrogens is 1. The van der Waals surface area contributed by atoms with E-state index in [9.17, 15) is 9.90 Å². The Kier molecular flexibility index (Phi) is 4.98. The van der Waals surface area contributed by atoms with Crippen molar-refractivity contribution in [3.8, 4) is 5.75 Å². The molecule has 1 fully saturated rings. The second-order valence-electron chi connectivity index (χ2n) is 6.33. The highest BCUT2D eigenvalue weighted by molar-refractivity contribution is 5.84. The van der Waals surface area contributed by atoms with Crippen LogP contribution in [0.3, 0.4) is 0 Å². The van der Waals surface area contributed by atoms with Gasteiger partial charge in [-0.05, 0) is 37.8 Å². The van der Waals surface area contributed by atoms with Crippen molar-refractivity contribution in [1.29, 1.82) is 0 Å². The Morgan fingerprint density at radius 3 is 3.00 bits per heavy atom. The highest BCUT2D eigenvalue weighted by Crippen LogP contribution is 2.28. The Hall–Kier alpha value is -1.85. The molecule has 1 heterocycles. The lowest BCUT2D eigenvalue weighted by molar-refractivity contribution is -0.670. The Morgan fingerprint density at radius 2 is 2.22 bits per heavy atom. The first-order chi connectivity index (χ1) is 11.1. The molecule has 0 saturated heterocycles. The molecule has 124 valence electrons. The van der Waals surface area contributed by atoms with Crippen molar-refractivity contribution in [1.82, 2.24) is 0 Å². The van der Waals surface area contributed by atoms with Gasteiger partial charge in [0.1, 0.15) is 17.9 Å². The predicted octanol–water partition coefficient (Wildman–Crippen LogP) is 1.69. The van der Waals surface area contributed by atoms with Gasteiger partial charge in [0.15, 0.2) is 0 Å². The Morgan fingerprint density at radius 1 is 1.39 bits per heavy atom. The molecule has 1 aromatic carbocycles. The predicted molar refractivity (Wildman–Crippen MR) is 87.5 cm³/mol. The molecule has 0 bridgehead atoms. The highest BCUT2D eigenvalue weighted by atomic mass is 16.5. The molecule has 0 aliphatic heterocycles. The van der Waals surface area contributed by atoms with Gasteiger partial charge in [0.25, 0.3) is 0 Å². The van der Waals surface area contributed by atoms with Gasteiger partial charge >= 0.3 is 5.63 Å².